The Hall–Kier alpha value is -4.53. The van der Waals surface area contributed by atoms with Crippen molar-refractivity contribution >= 4 is 17.2 Å². The molecule has 4 aromatic heterocycles. The van der Waals surface area contributed by atoms with Gasteiger partial charge in [0, 0.05) is 43.2 Å². The third kappa shape index (κ3) is 5.12. The van der Waals surface area contributed by atoms with Crippen molar-refractivity contribution in [1.29, 1.82) is 0 Å². The standard InChI is InChI=1S/C24H22F4N8O3/c1-39-23-14(22(38)34-17-10-35(9-16(17)25)8-13-3-2-4-19(37)33-13)5-12(7-30-23)18-6-15(24(26,27)28)20-21(29)31-11-32-36(18)20/h2-7,11,16-17H,8-10H2,1H3,(H,33,37)(H,34,38)(H2,29,31,32)/t16-,17+/m0/s1. The molecule has 0 radical (unpaired) electrons. The molecular formula is C24H22F4N8O3. The molecule has 0 aliphatic carbocycles. The number of rotatable bonds is 6. The fourth-order valence-corrected chi connectivity index (χ4v) is 4.59. The summed E-state index contributed by atoms with van der Waals surface area (Å²) in [5.41, 5.74) is 4.51. The molecule has 0 aromatic carbocycles. The van der Waals surface area contributed by atoms with Gasteiger partial charge in [0.25, 0.3) is 5.91 Å². The molecule has 11 nitrogen and oxygen atoms in total. The molecule has 204 valence electrons. The number of hydrogen-bond donors (Lipinski definition) is 3. The zero-order valence-corrected chi connectivity index (χ0v) is 20.4. The first-order chi connectivity index (χ1) is 18.5. The van der Waals surface area contributed by atoms with Crippen LogP contribution in [0.2, 0.25) is 0 Å². The molecule has 1 fully saturated rings. The average molecular weight is 546 g/mol. The highest BCUT2D eigenvalue weighted by Gasteiger charge is 2.37. The number of nitrogens with one attached hydrogen (secondary N) is 2. The van der Waals surface area contributed by atoms with E-state index in [4.69, 9.17) is 10.5 Å². The van der Waals surface area contributed by atoms with E-state index in [1.807, 2.05) is 0 Å². The van der Waals surface area contributed by atoms with E-state index in [0.29, 0.717) is 5.69 Å². The highest BCUT2D eigenvalue weighted by Crippen LogP contribution is 2.39. The number of nitrogen functional groups attached to an aromatic ring is 1. The van der Waals surface area contributed by atoms with Crippen LogP contribution in [0.1, 0.15) is 21.6 Å². The fraction of sp³-hybridized carbons (Fsp3) is 0.292. The van der Waals surface area contributed by atoms with Gasteiger partial charge in [0.2, 0.25) is 11.4 Å². The van der Waals surface area contributed by atoms with Gasteiger partial charge < -0.3 is 20.8 Å². The number of carbonyl (C=O) groups is 1. The number of fused-ring (bicyclic) bond motifs is 1. The summed E-state index contributed by atoms with van der Waals surface area (Å²) in [5, 5.41) is 6.52. The van der Waals surface area contributed by atoms with Crippen molar-refractivity contribution in [2.45, 2.75) is 24.9 Å². The molecule has 1 saturated heterocycles. The molecule has 5 heterocycles. The lowest BCUT2D eigenvalue weighted by molar-refractivity contribution is -0.136. The van der Waals surface area contributed by atoms with Crippen LogP contribution in [0, 0.1) is 0 Å². The van der Waals surface area contributed by atoms with Crippen LogP contribution in [-0.2, 0) is 12.7 Å². The number of aromatic nitrogens is 5. The van der Waals surface area contributed by atoms with Crippen LogP contribution in [0.3, 0.4) is 0 Å². The minimum atomic E-state index is -4.75. The topological polar surface area (TPSA) is 144 Å². The molecule has 1 amide bonds. The lowest BCUT2D eigenvalue weighted by Gasteiger charge is -2.17. The molecule has 4 aromatic rings. The number of anilines is 1. The molecule has 1 aliphatic heterocycles. The molecule has 1 aliphatic rings. The Morgan fingerprint density at radius 2 is 2.05 bits per heavy atom. The zero-order valence-electron chi connectivity index (χ0n) is 20.4. The van der Waals surface area contributed by atoms with Crippen molar-refractivity contribution < 1.29 is 27.1 Å². The van der Waals surface area contributed by atoms with Crippen molar-refractivity contribution in [3.63, 3.8) is 0 Å². The van der Waals surface area contributed by atoms with E-state index >= 15 is 0 Å². The SMILES string of the molecule is COc1ncc(-c2cc(C(F)(F)F)c3c(N)ncnn23)cc1C(=O)N[C@@H]1CN(Cc2cccc(=O)[nH]2)C[C@@H]1F. The largest absolute Gasteiger partial charge is 0.480 e. The van der Waals surface area contributed by atoms with Crippen LogP contribution in [0.25, 0.3) is 16.8 Å². The Balaban J connectivity index is 1.42. The van der Waals surface area contributed by atoms with Crippen molar-refractivity contribution in [2.75, 3.05) is 25.9 Å². The number of halogens is 4. The Morgan fingerprint density at radius 3 is 2.77 bits per heavy atom. The van der Waals surface area contributed by atoms with Crippen LogP contribution >= 0.6 is 0 Å². The summed E-state index contributed by atoms with van der Waals surface area (Å²) in [6.07, 6.45) is -3.92. The Morgan fingerprint density at radius 1 is 1.26 bits per heavy atom. The second-order valence-electron chi connectivity index (χ2n) is 8.96. The highest BCUT2D eigenvalue weighted by molar-refractivity contribution is 5.98. The number of pyridine rings is 2. The van der Waals surface area contributed by atoms with Crippen LogP contribution in [0.4, 0.5) is 23.4 Å². The van der Waals surface area contributed by atoms with Gasteiger partial charge in [-0.3, -0.25) is 14.5 Å². The second kappa shape index (κ2) is 9.98. The smallest absolute Gasteiger partial charge is 0.418 e. The predicted octanol–water partition coefficient (Wildman–Crippen LogP) is 2.04. The zero-order chi connectivity index (χ0) is 27.9. The van der Waals surface area contributed by atoms with E-state index in [1.165, 1.54) is 25.4 Å². The van der Waals surface area contributed by atoms with Gasteiger partial charge >= 0.3 is 6.18 Å². The number of hydrogen-bond acceptors (Lipinski definition) is 8. The summed E-state index contributed by atoms with van der Waals surface area (Å²) in [6, 6.07) is 5.90. The van der Waals surface area contributed by atoms with Crippen LogP contribution < -0.4 is 21.3 Å². The molecule has 2 atom stereocenters. The van der Waals surface area contributed by atoms with E-state index in [0.717, 1.165) is 16.9 Å². The summed E-state index contributed by atoms with van der Waals surface area (Å²) in [5.74, 6) is -1.20. The Labute approximate surface area is 217 Å². The van der Waals surface area contributed by atoms with Crippen molar-refractivity contribution in [2.24, 2.45) is 0 Å². The van der Waals surface area contributed by atoms with Gasteiger partial charge in [0.1, 0.15) is 23.6 Å². The number of likely N-dealkylation sites (tertiary alicyclic amines) is 1. The monoisotopic (exact) mass is 546 g/mol. The first-order valence-corrected chi connectivity index (χ1v) is 11.6. The second-order valence-corrected chi connectivity index (χ2v) is 8.96. The van der Waals surface area contributed by atoms with Gasteiger partial charge in [-0.15, -0.1) is 0 Å². The van der Waals surface area contributed by atoms with Gasteiger partial charge in [-0.05, 0) is 18.2 Å². The quantitative estimate of drug-likeness (QED) is 0.312. The van der Waals surface area contributed by atoms with Gasteiger partial charge in [-0.1, -0.05) is 6.07 Å². The number of nitrogens with two attached hydrogens (primary N) is 1. The molecule has 15 heteroatoms. The molecule has 39 heavy (non-hydrogen) atoms. The molecule has 0 bridgehead atoms. The molecule has 5 rings (SSSR count). The summed E-state index contributed by atoms with van der Waals surface area (Å²) < 4.78 is 62.2. The molecule has 0 unspecified atom stereocenters. The summed E-state index contributed by atoms with van der Waals surface area (Å²) in [4.78, 5) is 36.9. The third-order valence-corrected chi connectivity index (χ3v) is 6.34. The molecule has 4 N–H and O–H groups in total. The summed E-state index contributed by atoms with van der Waals surface area (Å²) in [7, 11) is 1.27. The Kier molecular flexibility index (Phi) is 6.68. The fourth-order valence-electron chi connectivity index (χ4n) is 4.59. The van der Waals surface area contributed by atoms with Crippen molar-refractivity contribution in [1.82, 2.24) is 34.8 Å². The van der Waals surface area contributed by atoms with Crippen LogP contribution in [-0.4, -0.2) is 67.8 Å². The van der Waals surface area contributed by atoms with Gasteiger partial charge in [-0.2, -0.15) is 18.3 Å². The number of H-pyrrole nitrogens is 1. The number of ether oxygens (including phenoxy) is 1. The Bertz CT molecular complexity index is 1600. The lowest BCUT2D eigenvalue weighted by atomic mass is 10.1. The van der Waals surface area contributed by atoms with Gasteiger partial charge in [0.05, 0.1) is 24.4 Å². The first kappa shape index (κ1) is 26.1. The number of carbonyl (C=O) groups excluding carboxylic acids is 1. The maximum absolute atomic E-state index is 14.8. The number of methoxy groups -OCH3 is 1. The van der Waals surface area contributed by atoms with E-state index in [2.05, 4.69) is 25.4 Å². The molecule has 0 spiro atoms. The number of amides is 1. The van der Waals surface area contributed by atoms with Crippen molar-refractivity contribution in [3.8, 4) is 17.1 Å². The maximum atomic E-state index is 14.8. The average Bonchev–Trinajstić information content (AvgIpc) is 3.44. The molecular weight excluding hydrogens is 524 g/mol. The normalized spacial score (nSPS) is 18.0. The van der Waals surface area contributed by atoms with Crippen LogP contribution in [0.5, 0.6) is 5.88 Å². The first-order valence-electron chi connectivity index (χ1n) is 11.6. The summed E-state index contributed by atoms with van der Waals surface area (Å²) in [6.45, 7) is 0.458. The predicted molar refractivity (Wildman–Crippen MR) is 131 cm³/mol. The van der Waals surface area contributed by atoms with E-state index in [1.54, 1.807) is 17.0 Å². The van der Waals surface area contributed by atoms with E-state index in [-0.39, 0.29) is 53.7 Å². The van der Waals surface area contributed by atoms with E-state index < -0.39 is 35.4 Å². The third-order valence-electron chi connectivity index (χ3n) is 6.34. The summed E-state index contributed by atoms with van der Waals surface area (Å²) >= 11 is 0. The number of alkyl halides is 4. The maximum Gasteiger partial charge on any atom is 0.418 e. The van der Waals surface area contributed by atoms with Crippen molar-refractivity contribution in [3.05, 3.63) is 70.0 Å². The minimum Gasteiger partial charge on any atom is -0.480 e. The van der Waals surface area contributed by atoms with Gasteiger partial charge in [0.15, 0.2) is 5.82 Å². The lowest BCUT2D eigenvalue weighted by Crippen LogP contribution is -2.41. The molecule has 0 saturated carbocycles. The highest BCUT2D eigenvalue weighted by atomic mass is 19.4. The van der Waals surface area contributed by atoms with E-state index in [9.17, 15) is 27.2 Å². The number of aromatic amines is 1. The number of nitrogens with zero attached hydrogens (tertiary/aromatic N) is 5. The van der Waals surface area contributed by atoms with Crippen LogP contribution in [0.15, 0.2) is 47.7 Å². The minimum absolute atomic E-state index is 0.0226. The van der Waals surface area contributed by atoms with Gasteiger partial charge in [-0.25, -0.2) is 18.9 Å².